The molecule has 6 atom stereocenters. The SMILES string of the molecule is Cc1nc([C@H]2C[C@@H]3CCN(C(=O)C4[C@H]5COC[C@@H]45)C[C@H]3O2)no1. The Morgan fingerprint density at radius 2 is 2.13 bits per heavy atom. The number of aromatic nitrogens is 2. The zero-order chi connectivity index (χ0) is 15.6. The fourth-order valence-electron chi connectivity index (χ4n) is 4.56. The molecule has 3 aliphatic heterocycles. The maximum Gasteiger partial charge on any atom is 0.226 e. The van der Waals surface area contributed by atoms with Gasteiger partial charge in [-0.25, -0.2) is 0 Å². The van der Waals surface area contributed by atoms with E-state index in [1.54, 1.807) is 6.92 Å². The van der Waals surface area contributed by atoms with Gasteiger partial charge in [0.2, 0.25) is 17.6 Å². The highest BCUT2D eigenvalue weighted by molar-refractivity contribution is 5.82. The minimum absolute atomic E-state index is 0.0915. The van der Waals surface area contributed by atoms with Crippen LogP contribution in [0.25, 0.3) is 0 Å². The van der Waals surface area contributed by atoms with E-state index in [2.05, 4.69) is 10.1 Å². The molecular formula is C16H21N3O4. The van der Waals surface area contributed by atoms with Crippen molar-refractivity contribution in [1.82, 2.24) is 15.0 Å². The van der Waals surface area contributed by atoms with Gasteiger partial charge < -0.3 is 18.9 Å². The van der Waals surface area contributed by atoms with E-state index in [9.17, 15) is 4.79 Å². The number of amides is 1. The third-order valence-corrected chi connectivity index (χ3v) is 5.93. The summed E-state index contributed by atoms with van der Waals surface area (Å²) in [5.74, 6) is 3.16. The Kier molecular flexibility index (Phi) is 3.03. The monoisotopic (exact) mass is 319 g/mol. The first-order chi connectivity index (χ1) is 11.2. The van der Waals surface area contributed by atoms with Gasteiger partial charge in [0.05, 0.1) is 19.3 Å². The van der Waals surface area contributed by atoms with Gasteiger partial charge in [0.1, 0.15) is 6.10 Å². The number of hydrogen-bond acceptors (Lipinski definition) is 6. The quantitative estimate of drug-likeness (QED) is 0.807. The smallest absolute Gasteiger partial charge is 0.226 e. The fraction of sp³-hybridized carbons (Fsp3) is 0.812. The van der Waals surface area contributed by atoms with Crippen molar-refractivity contribution in [3.63, 3.8) is 0 Å². The number of likely N-dealkylation sites (tertiary alicyclic amines) is 1. The number of carbonyl (C=O) groups is 1. The molecule has 0 N–H and O–H groups in total. The molecule has 23 heavy (non-hydrogen) atoms. The summed E-state index contributed by atoms with van der Waals surface area (Å²) in [7, 11) is 0. The van der Waals surface area contributed by atoms with Crippen LogP contribution in [0.4, 0.5) is 0 Å². The summed E-state index contributed by atoms with van der Waals surface area (Å²) < 4.78 is 16.6. The normalized spacial score (nSPS) is 41.7. The Labute approximate surface area is 134 Å². The molecule has 124 valence electrons. The van der Waals surface area contributed by atoms with Gasteiger partial charge in [-0.3, -0.25) is 4.79 Å². The van der Waals surface area contributed by atoms with E-state index in [0.717, 1.165) is 32.6 Å². The van der Waals surface area contributed by atoms with Crippen molar-refractivity contribution >= 4 is 5.91 Å². The summed E-state index contributed by atoms with van der Waals surface area (Å²) in [5.41, 5.74) is 0. The van der Waals surface area contributed by atoms with Crippen molar-refractivity contribution in [3.8, 4) is 0 Å². The van der Waals surface area contributed by atoms with E-state index in [1.807, 2.05) is 4.90 Å². The highest BCUT2D eigenvalue weighted by atomic mass is 16.5. The summed E-state index contributed by atoms with van der Waals surface area (Å²) in [4.78, 5) is 19.0. The lowest BCUT2D eigenvalue weighted by atomic mass is 9.91. The third-order valence-electron chi connectivity index (χ3n) is 5.93. The van der Waals surface area contributed by atoms with Crippen LogP contribution in [0.3, 0.4) is 0 Å². The van der Waals surface area contributed by atoms with E-state index in [1.165, 1.54) is 0 Å². The molecule has 1 aromatic heterocycles. The second-order valence-corrected chi connectivity index (χ2v) is 7.29. The topological polar surface area (TPSA) is 77.7 Å². The molecule has 4 aliphatic rings. The fourth-order valence-corrected chi connectivity index (χ4v) is 4.56. The molecule has 4 heterocycles. The van der Waals surface area contributed by atoms with Crippen LogP contribution in [-0.4, -0.2) is 53.4 Å². The van der Waals surface area contributed by atoms with Crippen molar-refractivity contribution in [2.75, 3.05) is 26.3 Å². The van der Waals surface area contributed by atoms with Crippen LogP contribution in [0.15, 0.2) is 4.52 Å². The van der Waals surface area contributed by atoms with Crippen molar-refractivity contribution in [3.05, 3.63) is 11.7 Å². The second kappa shape index (κ2) is 5.01. The lowest BCUT2D eigenvalue weighted by Gasteiger charge is -2.34. The maximum atomic E-state index is 12.7. The highest BCUT2D eigenvalue weighted by Gasteiger charge is 2.59. The molecule has 1 unspecified atom stereocenters. The number of piperidine rings is 1. The van der Waals surface area contributed by atoms with Crippen LogP contribution in [0.1, 0.15) is 30.7 Å². The van der Waals surface area contributed by atoms with Gasteiger partial charge >= 0.3 is 0 Å². The molecule has 1 saturated carbocycles. The Hall–Kier alpha value is -1.47. The standard InChI is InChI=1S/C16H21N3O4/c1-8-17-15(18-23-8)12-4-9-2-3-19(5-13(9)22-12)16(20)14-10-6-21-7-11(10)14/h9-14H,2-7H2,1H3/t9-,10-,11+,12+,13+,14?/m0/s1. The molecule has 1 amide bonds. The second-order valence-electron chi connectivity index (χ2n) is 7.29. The Morgan fingerprint density at radius 1 is 1.30 bits per heavy atom. The van der Waals surface area contributed by atoms with Crippen molar-refractivity contribution in [2.24, 2.45) is 23.7 Å². The van der Waals surface area contributed by atoms with Crippen LogP contribution in [0.5, 0.6) is 0 Å². The van der Waals surface area contributed by atoms with Gasteiger partial charge in [-0.15, -0.1) is 0 Å². The van der Waals surface area contributed by atoms with Gasteiger partial charge in [0.25, 0.3) is 0 Å². The Balaban J connectivity index is 1.24. The van der Waals surface area contributed by atoms with Gasteiger partial charge in [-0.2, -0.15) is 4.98 Å². The third kappa shape index (κ3) is 2.21. The van der Waals surface area contributed by atoms with Crippen LogP contribution < -0.4 is 0 Å². The molecule has 5 rings (SSSR count). The first kappa shape index (κ1) is 13.9. The summed E-state index contributed by atoms with van der Waals surface area (Å²) in [5, 5.41) is 3.98. The number of fused-ring (bicyclic) bond motifs is 2. The van der Waals surface area contributed by atoms with E-state index in [-0.39, 0.29) is 18.1 Å². The average Bonchev–Trinajstić information content (AvgIpc) is 3.02. The summed E-state index contributed by atoms with van der Waals surface area (Å²) >= 11 is 0. The number of nitrogens with zero attached hydrogens (tertiary/aromatic N) is 3. The molecule has 0 spiro atoms. The lowest BCUT2D eigenvalue weighted by Crippen LogP contribution is -2.46. The first-order valence-electron chi connectivity index (χ1n) is 8.53. The van der Waals surface area contributed by atoms with Crippen LogP contribution in [-0.2, 0) is 14.3 Å². The van der Waals surface area contributed by atoms with E-state index in [4.69, 9.17) is 14.0 Å². The summed E-state index contributed by atoms with van der Waals surface area (Å²) in [6.45, 7) is 4.86. The molecule has 7 nitrogen and oxygen atoms in total. The van der Waals surface area contributed by atoms with Gasteiger partial charge in [-0.05, 0) is 30.6 Å². The van der Waals surface area contributed by atoms with Crippen LogP contribution in [0, 0.1) is 30.6 Å². The van der Waals surface area contributed by atoms with E-state index in [0.29, 0.717) is 41.9 Å². The zero-order valence-corrected chi connectivity index (χ0v) is 13.2. The number of carbonyl (C=O) groups excluding carboxylic acids is 1. The zero-order valence-electron chi connectivity index (χ0n) is 13.2. The summed E-state index contributed by atoms with van der Waals surface area (Å²) in [6.07, 6.45) is 1.94. The van der Waals surface area contributed by atoms with Crippen molar-refractivity contribution < 1.29 is 18.8 Å². The van der Waals surface area contributed by atoms with Crippen LogP contribution in [0.2, 0.25) is 0 Å². The van der Waals surface area contributed by atoms with E-state index >= 15 is 0 Å². The predicted octanol–water partition coefficient (Wildman–Crippen LogP) is 0.949. The lowest BCUT2D eigenvalue weighted by molar-refractivity contribution is -0.138. The molecule has 0 aromatic carbocycles. The van der Waals surface area contributed by atoms with Crippen molar-refractivity contribution in [1.29, 1.82) is 0 Å². The molecule has 3 saturated heterocycles. The first-order valence-corrected chi connectivity index (χ1v) is 8.53. The van der Waals surface area contributed by atoms with Gasteiger partial charge in [0.15, 0.2) is 0 Å². The Morgan fingerprint density at radius 3 is 2.87 bits per heavy atom. The molecule has 1 aromatic rings. The van der Waals surface area contributed by atoms with Gasteiger partial charge in [-0.1, -0.05) is 5.16 Å². The Bertz CT molecular complexity index is 623. The maximum absolute atomic E-state index is 12.7. The molecule has 4 fully saturated rings. The van der Waals surface area contributed by atoms with Gasteiger partial charge in [0, 0.05) is 25.9 Å². The molecular weight excluding hydrogens is 298 g/mol. The van der Waals surface area contributed by atoms with Crippen molar-refractivity contribution in [2.45, 2.75) is 32.0 Å². The predicted molar refractivity (Wildman–Crippen MR) is 77.2 cm³/mol. The highest BCUT2D eigenvalue weighted by Crippen LogP contribution is 2.52. The van der Waals surface area contributed by atoms with E-state index < -0.39 is 0 Å². The minimum atomic E-state index is -0.0915. The minimum Gasteiger partial charge on any atom is -0.381 e. The molecule has 0 radical (unpaired) electrons. The van der Waals surface area contributed by atoms with Crippen LogP contribution >= 0.6 is 0 Å². The average molecular weight is 319 g/mol. The number of ether oxygens (including phenoxy) is 2. The molecule has 7 heteroatoms. The molecule has 0 bridgehead atoms. The molecule has 1 aliphatic carbocycles. The number of hydrogen-bond donors (Lipinski definition) is 0. The largest absolute Gasteiger partial charge is 0.381 e. The number of aryl methyl sites for hydroxylation is 1. The number of rotatable bonds is 2. The summed E-state index contributed by atoms with van der Waals surface area (Å²) in [6, 6.07) is 0.